The van der Waals surface area contributed by atoms with Gasteiger partial charge in [-0.2, -0.15) is 0 Å². The molecule has 2 aromatic rings. The fraction of sp³-hybridized carbons (Fsp3) is 0.0833. The summed E-state index contributed by atoms with van der Waals surface area (Å²) < 4.78 is 0.961. The van der Waals surface area contributed by atoms with E-state index in [-0.39, 0.29) is 11.5 Å². The molecule has 20 heavy (non-hydrogen) atoms. The molecule has 0 amide bonds. The van der Waals surface area contributed by atoms with Crippen LogP contribution in [-0.2, 0) is 0 Å². The summed E-state index contributed by atoms with van der Waals surface area (Å²) in [6.45, 7) is 1.93. The summed E-state index contributed by atoms with van der Waals surface area (Å²) in [5, 5.41) is 13.9. The minimum Gasteiger partial charge on any atom is -0.334 e. The number of hydrogen-bond acceptors (Lipinski definition) is 6. The van der Waals surface area contributed by atoms with Gasteiger partial charge in [0, 0.05) is 16.2 Å². The lowest BCUT2D eigenvalue weighted by Gasteiger charge is -2.09. The Morgan fingerprint density at radius 1 is 1.35 bits per heavy atom. The molecule has 0 radical (unpaired) electrons. The third-order valence-corrected chi connectivity index (χ3v) is 3.53. The molecule has 0 bridgehead atoms. The van der Waals surface area contributed by atoms with Gasteiger partial charge in [-0.25, -0.2) is 10.8 Å². The van der Waals surface area contributed by atoms with Gasteiger partial charge in [0.1, 0.15) is 5.82 Å². The fourth-order valence-corrected chi connectivity index (χ4v) is 1.88. The molecule has 0 saturated carbocycles. The van der Waals surface area contributed by atoms with Crippen LogP contribution >= 0.6 is 15.9 Å². The standard InChI is InChI=1S/C12H12BrN5O2/c1-7-6-8(2-3-9(7)13)15-12-10(18(19)20)4-5-11(16-12)17-14/h2-6H,14H2,1H3,(H2,15,16,17). The van der Waals surface area contributed by atoms with Gasteiger partial charge in [0.25, 0.3) is 0 Å². The molecular weight excluding hydrogens is 326 g/mol. The monoisotopic (exact) mass is 337 g/mol. The van der Waals surface area contributed by atoms with Gasteiger partial charge in [-0.1, -0.05) is 15.9 Å². The summed E-state index contributed by atoms with van der Waals surface area (Å²) in [6.07, 6.45) is 0. The number of pyridine rings is 1. The van der Waals surface area contributed by atoms with Crippen molar-refractivity contribution >= 4 is 38.9 Å². The Morgan fingerprint density at radius 3 is 2.70 bits per heavy atom. The predicted octanol–water partition coefficient (Wildman–Crippen LogP) is 3.09. The van der Waals surface area contributed by atoms with E-state index in [4.69, 9.17) is 5.84 Å². The molecule has 0 saturated heterocycles. The van der Waals surface area contributed by atoms with E-state index in [1.54, 1.807) is 6.07 Å². The van der Waals surface area contributed by atoms with E-state index < -0.39 is 4.92 Å². The maximum Gasteiger partial charge on any atom is 0.311 e. The van der Waals surface area contributed by atoms with E-state index in [0.29, 0.717) is 11.5 Å². The molecule has 8 heteroatoms. The summed E-state index contributed by atoms with van der Waals surface area (Å²) in [6, 6.07) is 8.30. The number of aryl methyl sites for hydroxylation is 1. The number of hydrazine groups is 1. The maximum absolute atomic E-state index is 11.0. The molecule has 4 N–H and O–H groups in total. The summed E-state index contributed by atoms with van der Waals surface area (Å²) in [5.74, 6) is 5.74. The Labute approximate surface area is 123 Å². The third-order valence-electron chi connectivity index (χ3n) is 2.64. The van der Waals surface area contributed by atoms with Crippen LogP contribution in [0.2, 0.25) is 0 Å². The number of nitrogens with zero attached hydrogens (tertiary/aromatic N) is 2. The maximum atomic E-state index is 11.0. The van der Waals surface area contributed by atoms with E-state index in [1.807, 2.05) is 19.1 Å². The Bertz CT molecular complexity index is 662. The second-order valence-corrected chi connectivity index (χ2v) is 4.91. The normalized spacial score (nSPS) is 10.2. The predicted molar refractivity (Wildman–Crippen MR) is 80.9 cm³/mol. The van der Waals surface area contributed by atoms with Crippen LogP contribution in [0.15, 0.2) is 34.8 Å². The van der Waals surface area contributed by atoms with Crippen LogP contribution in [0, 0.1) is 17.0 Å². The number of nitrogens with two attached hydrogens (primary N) is 1. The molecule has 2 rings (SSSR count). The van der Waals surface area contributed by atoms with Crippen molar-refractivity contribution in [2.24, 2.45) is 5.84 Å². The minimum atomic E-state index is -0.499. The van der Waals surface area contributed by atoms with Crippen LogP contribution in [-0.4, -0.2) is 9.91 Å². The Hall–Kier alpha value is -2.19. The van der Waals surface area contributed by atoms with Gasteiger partial charge < -0.3 is 10.7 Å². The average Bonchev–Trinajstić information content (AvgIpc) is 2.42. The molecule has 0 aliphatic heterocycles. The van der Waals surface area contributed by atoms with Crippen molar-refractivity contribution in [1.29, 1.82) is 0 Å². The molecule has 0 fully saturated rings. The molecule has 0 unspecified atom stereocenters. The number of rotatable bonds is 4. The van der Waals surface area contributed by atoms with Gasteiger partial charge in [0.05, 0.1) is 4.92 Å². The van der Waals surface area contributed by atoms with Crippen molar-refractivity contribution in [3.63, 3.8) is 0 Å². The molecule has 1 heterocycles. The van der Waals surface area contributed by atoms with Gasteiger partial charge >= 0.3 is 5.69 Å². The van der Waals surface area contributed by atoms with Crippen molar-refractivity contribution in [3.8, 4) is 0 Å². The van der Waals surface area contributed by atoms with Crippen molar-refractivity contribution in [2.45, 2.75) is 6.92 Å². The first-order valence-electron chi connectivity index (χ1n) is 5.66. The van der Waals surface area contributed by atoms with Crippen LogP contribution < -0.4 is 16.6 Å². The van der Waals surface area contributed by atoms with Crippen molar-refractivity contribution in [1.82, 2.24) is 4.98 Å². The molecule has 0 spiro atoms. The van der Waals surface area contributed by atoms with E-state index in [1.165, 1.54) is 12.1 Å². The first kappa shape index (κ1) is 14.2. The lowest BCUT2D eigenvalue weighted by molar-refractivity contribution is -0.384. The molecule has 1 aromatic heterocycles. The number of hydrogen-bond donors (Lipinski definition) is 3. The zero-order valence-corrected chi connectivity index (χ0v) is 12.1. The fourth-order valence-electron chi connectivity index (χ4n) is 1.63. The molecule has 0 atom stereocenters. The number of aromatic nitrogens is 1. The van der Waals surface area contributed by atoms with E-state index in [2.05, 4.69) is 31.7 Å². The summed E-state index contributed by atoms with van der Waals surface area (Å²) in [5.41, 5.74) is 3.95. The van der Waals surface area contributed by atoms with Gasteiger partial charge in [0.2, 0.25) is 5.82 Å². The Balaban J connectivity index is 2.40. The van der Waals surface area contributed by atoms with Crippen LogP contribution in [0.4, 0.5) is 23.0 Å². The molecule has 104 valence electrons. The van der Waals surface area contributed by atoms with Crippen molar-refractivity contribution < 1.29 is 4.92 Å². The van der Waals surface area contributed by atoms with Crippen molar-refractivity contribution in [2.75, 3.05) is 10.7 Å². The summed E-state index contributed by atoms with van der Waals surface area (Å²) in [7, 11) is 0. The quantitative estimate of drug-likeness (QED) is 0.449. The van der Waals surface area contributed by atoms with Crippen LogP contribution in [0.25, 0.3) is 0 Å². The summed E-state index contributed by atoms with van der Waals surface area (Å²) >= 11 is 3.40. The second kappa shape index (κ2) is 5.85. The molecule has 0 aliphatic carbocycles. The number of nitro groups is 1. The highest BCUT2D eigenvalue weighted by Gasteiger charge is 2.16. The van der Waals surface area contributed by atoms with E-state index >= 15 is 0 Å². The topological polar surface area (TPSA) is 106 Å². The third kappa shape index (κ3) is 3.03. The molecule has 1 aromatic carbocycles. The van der Waals surface area contributed by atoms with Crippen LogP contribution in [0.5, 0.6) is 0 Å². The molecule has 0 aliphatic rings. The molecular formula is C12H12BrN5O2. The minimum absolute atomic E-state index is 0.121. The van der Waals surface area contributed by atoms with Crippen LogP contribution in [0.1, 0.15) is 5.56 Å². The number of benzene rings is 1. The Morgan fingerprint density at radius 2 is 2.10 bits per heavy atom. The zero-order valence-electron chi connectivity index (χ0n) is 10.6. The van der Waals surface area contributed by atoms with E-state index in [0.717, 1.165) is 10.0 Å². The number of halogens is 1. The lowest BCUT2D eigenvalue weighted by Crippen LogP contribution is -2.10. The van der Waals surface area contributed by atoms with Gasteiger partial charge in [-0.3, -0.25) is 10.1 Å². The first-order chi connectivity index (χ1) is 9.51. The number of nitrogens with one attached hydrogen (secondary N) is 2. The highest BCUT2D eigenvalue weighted by atomic mass is 79.9. The second-order valence-electron chi connectivity index (χ2n) is 4.05. The molecule has 7 nitrogen and oxygen atoms in total. The lowest BCUT2D eigenvalue weighted by atomic mass is 10.2. The number of nitrogen functional groups attached to an aromatic ring is 1. The zero-order chi connectivity index (χ0) is 14.7. The van der Waals surface area contributed by atoms with Gasteiger partial charge in [0.15, 0.2) is 0 Å². The number of anilines is 3. The smallest absolute Gasteiger partial charge is 0.311 e. The SMILES string of the molecule is Cc1cc(Nc2nc(NN)ccc2[N+](=O)[O-])ccc1Br. The highest BCUT2D eigenvalue weighted by molar-refractivity contribution is 9.10. The van der Waals surface area contributed by atoms with Gasteiger partial charge in [-0.15, -0.1) is 0 Å². The van der Waals surface area contributed by atoms with Gasteiger partial charge in [-0.05, 0) is 36.8 Å². The summed E-state index contributed by atoms with van der Waals surface area (Å²) in [4.78, 5) is 14.6. The van der Waals surface area contributed by atoms with Crippen LogP contribution in [0.3, 0.4) is 0 Å². The highest BCUT2D eigenvalue weighted by Crippen LogP contribution is 2.28. The largest absolute Gasteiger partial charge is 0.334 e. The Kier molecular flexibility index (Phi) is 4.16. The van der Waals surface area contributed by atoms with Crippen molar-refractivity contribution in [3.05, 3.63) is 50.5 Å². The first-order valence-corrected chi connectivity index (χ1v) is 6.46. The van der Waals surface area contributed by atoms with E-state index in [9.17, 15) is 10.1 Å². The average molecular weight is 338 g/mol.